The Morgan fingerprint density at radius 2 is 2.00 bits per heavy atom. The summed E-state index contributed by atoms with van der Waals surface area (Å²) in [6.45, 7) is 2.89. The Balaban J connectivity index is 2.56. The number of amides is 1. The monoisotopic (exact) mass is 346 g/mol. The van der Waals surface area contributed by atoms with Crippen molar-refractivity contribution in [1.29, 1.82) is 0 Å². The van der Waals surface area contributed by atoms with Crippen LogP contribution < -0.4 is 0 Å². The number of nitrogens with zero attached hydrogens (tertiary/aromatic N) is 2. The van der Waals surface area contributed by atoms with Gasteiger partial charge in [0.25, 0.3) is 0 Å². The van der Waals surface area contributed by atoms with Gasteiger partial charge in [0.15, 0.2) is 0 Å². The SMILES string of the molecule is Cc1c(Cl)cc(S(=O)(=O)N2CN(C)C(=O)C2C)cc1C(=O)O. The highest BCUT2D eigenvalue weighted by Gasteiger charge is 2.41. The van der Waals surface area contributed by atoms with Crippen molar-refractivity contribution in [1.82, 2.24) is 9.21 Å². The number of rotatable bonds is 3. The van der Waals surface area contributed by atoms with Crippen LogP contribution >= 0.6 is 11.6 Å². The second-order valence-corrected chi connectivity index (χ2v) is 7.43. The van der Waals surface area contributed by atoms with E-state index in [1.165, 1.54) is 31.9 Å². The van der Waals surface area contributed by atoms with Crippen LogP contribution in [0.2, 0.25) is 5.02 Å². The Bertz CT molecular complexity index is 762. The van der Waals surface area contributed by atoms with Crippen molar-refractivity contribution in [2.75, 3.05) is 13.7 Å². The Morgan fingerprint density at radius 3 is 2.45 bits per heavy atom. The second kappa shape index (κ2) is 5.53. The first-order valence-corrected chi connectivity index (χ1v) is 8.19. The first-order chi connectivity index (χ1) is 10.1. The normalized spacial score (nSPS) is 19.7. The smallest absolute Gasteiger partial charge is 0.336 e. The molecule has 1 amide bonds. The maximum atomic E-state index is 12.7. The van der Waals surface area contributed by atoms with E-state index in [0.717, 1.165) is 10.4 Å². The fourth-order valence-corrected chi connectivity index (χ4v) is 4.21. The van der Waals surface area contributed by atoms with Gasteiger partial charge in [0, 0.05) is 12.1 Å². The molecule has 2 rings (SSSR count). The summed E-state index contributed by atoms with van der Waals surface area (Å²) in [5.41, 5.74) is 0.105. The summed E-state index contributed by atoms with van der Waals surface area (Å²) < 4.78 is 26.4. The third-order valence-electron chi connectivity index (χ3n) is 3.67. The molecular weight excluding hydrogens is 332 g/mol. The van der Waals surface area contributed by atoms with Crippen LogP contribution in [0.25, 0.3) is 0 Å². The Labute approximate surface area is 133 Å². The number of halogens is 1. The van der Waals surface area contributed by atoms with Gasteiger partial charge in [0.05, 0.1) is 17.1 Å². The summed E-state index contributed by atoms with van der Waals surface area (Å²) in [4.78, 5) is 24.1. The molecule has 0 bridgehead atoms. The van der Waals surface area contributed by atoms with Crippen LogP contribution in [0.15, 0.2) is 17.0 Å². The highest BCUT2D eigenvalue weighted by Crippen LogP contribution is 2.29. The summed E-state index contributed by atoms with van der Waals surface area (Å²) in [5.74, 6) is -1.58. The molecule has 7 nitrogen and oxygen atoms in total. The van der Waals surface area contributed by atoms with Gasteiger partial charge in [-0.2, -0.15) is 4.31 Å². The Kier molecular flexibility index (Phi) is 4.20. The lowest BCUT2D eigenvalue weighted by atomic mass is 10.1. The number of sulfonamides is 1. The van der Waals surface area contributed by atoms with E-state index in [9.17, 15) is 18.0 Å². The van der Waals surface area contributed by atoms with Gasteiger partial charge in [-0.15, -0.1) is 0 Å². The van der Waals surface area contributed by atoms with Crippen molar-refractivity contribution in [2.45, 2.75) is 24.8 Å². The second-order valence-electron chi connectivity index (χ2n) is 5.13. The lowest BCUT2D eigenvalue weighted by Gasteiger charge is -2.19. The molecule has 0 aliphatic carbocycles. The highest BCUT2D eigenvalue weighted by molar-refractivity contribution is 7.89. The van der Waals surface area contributed by atoms with Crippen molar-refractivity contribution in [3.8, 4) is 0 Å². The van der Waals surface area contributed by atoms with Gasteiger partial charge in [-0.3, -0.25) is 4.79 Å². The maximum Gasteiger partial charge on any atom is 0.336 e. The molecule has 1 aliphatic rings. The number of aromatic carboxylic acids is 1. The minimum atomic E-state index is -4.03. The van der Waals surface area contributed by atoms with Crippen molar-refractivity contribution in [3.63, 3.8) is 0 Å². The summed E-state index contributed by atoms with van der Waals surface area (Å²) in [6, 6.07) is 1.42. The van der Waals surface area contributed by atoms with Crippen LogP contribution in [0, 0.1) is 6.92 Å². The van der Waals surface area contributed by atoms with Crippen LogP contribution in [0.1, 0.15) is 22.8 Å². The molecular formula is C13H15ClN2O5S. The highest BCUT2D eigenvalue weighted by atomic mass is 35.5. The molecule has 0 radical (unpaired) electrons. The molecule has 1 aromatic rings. The first kappa shape index (κ1) is 16.7. The van der Waals surface area contributed by atoms with Crippen LogP contribution in [-0.2, 0) is 14.8 Å². The molecule has 0 spiro atoms. The first-order valence-electron chi connectivity index (χ1n) is 6.37. The quantitative estimate of drug-likeness (QED) is 0.886. The minimum absolute atomic E-state index is 0.0463. The zero-order chi connectivity index (χ0) is 16.8. The number of benzene rings is 1. The molecule has 1 aliphatic heterocycles. The van der Waals surface area contributed by atoms with Crippen molar-refractivity contribution in [2.24, 2.45) is 0 Å². The summed E-state index contributed by atoms with van der Waals surface area (Å²) in [5, 5.41) is 9.20. The molecule has 1 aromatic carbocycles. The van der Waals surface area contributed by atoms with Crippen molar-refractivity contribution >= 4 is 33.5 Å². The van der Waals surface area contributed by atoms with Gasteiger partial charge in [0.1, 0.15) is 6.04 Å². The molecule has 0 aromatic heterocycles. The number of carbonyl (C=O) groups is 2. The molecule has 22 heavy (non-hydrogen) atoms. The predicted octanol–water partition coefficient (Wildman–Crippen LogP) is 1.16. The fourth-order valence-electron chi connectivity index (χ4n) is 2.29. The van der Waals surface area contributed by atoms with E-state index in [1.807, 2.05) is 0 Å². The molecule has 1 saturated heterocycles. The maximum absolute atomic E-state index is 12.7. The van der Waals surface area contributed by atoms with Crippen LogP contribution in [0.3, 0.4) is 0 Å². The third-order valence-corrected chi connectivity index (χ3v) is 5.95. The summed E-state index contributed by atoms with van der Waals surface area (Å²) in [7, 11) is -2.53. The molecule has 1 heterocycles. The van der Waals surface area contributed by atoms with Crippen LogP contribution in [0.4, 0.5) is 0 Å². The van der Waals surface area contributed by atoms with Crippen LogP contribution in [-0.4, -0.2) is 54.4 Å². The van der Waals surface area contributed by atoms with Gasteiger partial charge in [-0.25, -0.2) is 13.2 Å². The fraction of sp³-hybridized carbons (Fsp3) is 0.385. The van der Waals surface area contributed by atoms with E-state index in [0.29, 0.717) is 0 Å². The average molecular weight is 347 g/mol. The minimum Gasteiger partial charge on any atom is -0.478 e. The zero-order valence-electron chi connectivity index (χ0n) is 12.2. The van der Waals surface area contributed by atoms with E-state index in [-0.39, 0.29) is 33.6 Å². The molecule has 0 saturated carbocycles. The molecule has 120 valence electrons. The van der Waals surface area contributed by atoms with Crippen molar-refractivity contribution < 1.29 is 23.1 Å². The van der Waals surface area contributed by atoms with Gasteiger partial charge < -0.3 is 10.0 Å². The largest absolute Gasteiger partial charge is 0.478 e. The topological polar surface area (TPSA) is 95.0 Å². The van der Waals surface area contributed by atoms with Gasteiger partial charge in [0.2, 0.25) is 15.9 Å². The number of hydrogen-bond acceptors (Lipinski definition) is 4. The van der Waals surface area contributed by atoms with Gasteiger partial charge >= 0.3 is 5.97 Å². The third kappa shape index (κ3) is 2.57. The predicted molar refractivity (Wildman–Crippen MR) is 79.3 cm³/mol. The Morgan fingerprint density at radius 1 is 1.41 bits per heavy atom. The number of carbonyl (C=O) groups excluding carboxylic acids is 1. The Hall–Kier alpha value is -1.64. The lowest BCUT2D eigenvalue weighted by Crippen LogP contribution is -2.36. The van der Waals surface area contributed by atoms with E-state index >= 15 is 0 Å². The molecule has 1 unspecified atom stereocenters. The van der Waals surface area contributed by atoms with Crippen molar-refractivity contribution in [3.05, 3.63) is 28.3 Å². The molecule has 1 N–H and O–H groups in total. The molecule has 1 fully saturated rings. The van der Waals surface area contributed by atoms with Gasteiger partial charge in [-0.1, -0.05) is 11.6 Å². The standard InChI is InChI=1S/C13H15ClN2O5S/c1-7-10(13(18)19)4-9(5-11(7)14)22(20,21)16-6-15(3)12(17)8(16)2/h4-5,8H,6H2,1-3H3,(H,18,19). The number of hydrogen-bond donors (Lipinski definition) is 1. The van der Waals surface area contributed by atoms with E-state index in [2.05, 4.69) is 0 Å². The zero-order valence-corrected chi connectivity index (χ0v) is 13.8. The lowest BCUT2D eigenvalue weighted by molar-refractivity contribution is -0.127. The number of carboxylic acid groups (broad SMARTS) is 1. The average Bonchev–Trinajstić information content (AvgIpc) is 2.69. The summed E-state index contributed by atoms with van der Waals surface area (Å²) in [6.07, 6.45) is 0. The van der Waals surface area contributed by atoms with E-state index in [1.54, 1.807) is 0 Å². The number of carboxylic acids is 1. The number of likely N-dealkylation sites (N-methyl/N-ethyl adjacent to an activating group) is 1. The van der Waals surface area contributed by atoms with E-state index in [4.69, 9.17) is 16.7 Å². The van der Waals surface area contributed by atoms with E-state index < -0.39 is 22.0 Å². The summed E-state index contributed by atoms with van der Waals surface area (Å²) >= 11 is 5.95. The van der Waals surface area contributed by atoms with Gasteiger partial charge in [-0.05, 0) is 31.5 Å². The van der Waals surface area contributed by atoms with Crippen LogP contribution in [0.5, 0.6) is 0 Å². The molecule has 9 heteroatoms. The molecule has 1 atom stereocenters.